The van der Waals surface area contributed by atoms with Gasteiger partial charge in [0.15, 0.2) is 11.5 Å². The average Bonchev–Trinajstić information content (AvgIpc) is 3.24. The number of ether oxygens (including phenoxy) is 2. The Balaban J connectivity index is 1.48. The van der Waals surface area contributed by atoms with Crippen molar-refractivity contribution in [3.63, 3.8) is 0 Å². The third-order valence-electron chi connectivity index (χ3n) is 4.78. The van der Waals surface area contributed by atoms with E-state index in [1.165, 1.54) is 0 Å². The summed E-state index contributed by atoms with van der Waals surface area (Å²) in [6.45, 7) is 3.36. The van der Waals surface area contributed by atoms with Crippen molar-refractivity contribution in [1.82, 2.24) is 20.3 Å². The van der Waals surface area contributed by atoms with Gasteiger partial charge in [0.05, 0.1) is 18.3 Å². The number of fused-ring (bicyclic) bond motifs is 1. The van der Waals surface area contributed by atoms with E-state index in [1.807, 2.05) is 18.2 Å². The van der Waals surface area contributed by atoms with E-state index < -0.39 is 5.97 Å². The number of rotatable bonds is 5. The van der Waals surface area contributed by atoms with E-state index in [9.17, 15) is 9.90 Å². The summed E-state index contributed by atoms with van der Waals surface area (Å²) in [6.07, 6.45) is 1.82. The van der Waals surface area contributed by atoms with Gasteiger partial charge in [0.25, 0.3) is 0 Å². The van der Waals surface area contributed by atoms with Crippen LogP contribution in [0.5, 0.6) is 11.5 Å². The fourth-order valence-electron chi connectivity index (χ4n) is 3.69. The molecule has 0 spiro atoms. The molecule has 0 radical (unpaired) electrons. The highest BCUT2D eigenvalue weighted by Gasteiger charge is 2.36. The molecule has 3 heterocycles. The number of aromatic nitrogens is 3. The van der Waals surface area contributed by atoms with E-state index in [4.69, 9.17) is 9.47 Å². The molecule has 8 heteroatoms. The zero-order valence-corrected chi connectivity index (χ0v) is 13.7. The third kappa shape index (κ3) is 3.43. The van der Waals surface area contributed by atoms with Crippen LogP contribution in [-0.2, 0) is 11.3 Å². The van der Waals surface area contributed by atoms with Crippen molar-refractivity contribution in [2.45, 2.75) is 18.9 Å². The summed E-state index contributed by atoms with van der Waals surface area (Å²) in [6, 6.07) is 5.97. The number of hydrogen-bond donors (Lipinski definition) is 2. The zero-order chi connectivity index (χ0) is 17.2. The SMILES string of the molecule is O=C(O)C[C@H]1CN(Cc2ccc3c(c2)OCCO3)C[C@H]1c1cn[nH]n1. The van der Waals surface area contributed by atoms with Crippen molar-refractivity contribution in [1.29, 1.82) is 0 Å². The number of H-pyrrole nitrogens is 1. The Morgan fingerprint density at radius 1 is 1.28 bits per heavy atom. The molecule has 1 aromatic carbocycles. The van der Waals surface area contributed by atoms with Crippen LogP contribution in [0.2, 0.25) is 0 Å². The van der Waals surface area contributed by atoms with Crippen LogP contribution in [0.3, 0.4) is 0 Å². The summed E-state index contributed by atoms with van der Waals surface area (Å²) in [5.41, 5.74) is 1.95. The van der Waals surface area contributed by atoms with E-state index in [2.05, 4.69) is 20.3 Å². The van der Waals surface area contributed by atoms with Gasteiger partial charge in [0.1, 0.15) is 13.2 Å². The molecule has 1 aromatic heterocycles. The topological polar surface area (TPSA) is 101 Å². The van der Waals surface area contributed by atoms with Crippen molar-refractivity contribution in [2.24, 2.45) is 5.92 Å². The van der Waals surface area contributed by atoms with Crippen LogP contribution in [0.25, 0.3) is 0 Å². The van der Waals surface area contributed by atoms with Crippen molar-refractivity contribution in [2.75, 3.05) is 26.3 Å². The first kappa shape index (κ1) is 15.9. The molecule has 2 aliphatic rings. The quantitative estimate of drug-likeness (QED) is 0.842. The number of carbonyl (C=O) groups is 1. The van der Waals surface area contributed by atoms with Gasteiger partial charge in [-0.2, -0.15) is 15.4 Å². The highest BCUT2D eigenvalue weighted by atomic mass is 16.6. The van der Waals surface area contributed by atoms with Crippen molar-refractivity contribution in [3.8, 4) is 11.5 Å². The predicted molar refractivity (Wildman–Crippen MR) is 87.6 cm³/mol. The molecule has 4 rings (SSSR count). The molecule has 0 amide bonds. The Morgan fingerprint density at radius 3 is 2.88 bits per heavy atom. The maximum Gasteiger partial charge on any atom is 0.303 e. The number of likely N-dealkylation sites (tertiary alicyclic amines) is 1. The number of nitrogens with one attached hydrogen (secondary N) is 1. The van der Waals surface area contributed by atoms with Crippen LogP contribution in [0, 0.1) is 5.92 Å². The fraction of sp³-hybridized carbons (Fsp3) is 0.471. The minimum Gasteiger partial charge on any atom is -0.486 e. The lowest BCUT2D eigenvalue weighted by Gasteiger charge is -2.21. The maximum atomic E-state index is 11.2. The molecule has 2 aliphatic heterocycles. The van der Waals surface area contributed by atoms with Gasteiger partial charge < -0.3 is 14.6 Å². The first-order valence-electron chi connectivity index (χ1n) is 8.37. The van der Waals surface area contributed by atoms with Gasteiger partial charge in [0.2, 0.25) is 0 Å². The molecule has 0 bridgehead atoms. The first-order chi connectivity index (χ1) is 12.2. The second-order valence-corrected chi connectivity index (χ2v) is 6.53. The molecule has 0 unspecified atom stereocenters. The predicted octanol–water partition coefficient (Wildman–Crippen LogP) is 1.27. The molecule has 2 atom stereocenters. The number of carboxylic acids is 1. The molecule has 132 valence electrons. The van der Waals surface area contributed by atoms with Crippen molar-refractivity contribution < 1.29 is 19.4 Å². The first-order valence-corrected chi connectivity index (χ1v) is 8.37. The van der Waals surface area contributed by atoms with Crippen LogP contribution in [-0.4, -0.2) is 57.7 Å². The van der Waals surface area contributed by atoms with Gasteiger partial charge in [-0.15, -0.1) is 0 Å². The Labute approximate surface area is 144 Å². The van der Waals surface area contributed by atoms with Crippen LogP contribution in [0.15, 0.2) is 24.4 Å². The van der Waals surface area contributed by atoms with E-state index in [0.29, 0.717) is 13.2 Å². The normalized spacial score (nSPS) is 22.9. The molecule has 2 aromatic rings. The molecule has 2 N–H and O–H groups in total. The fourth-order valence-corrected chi connectivity index (χ4v) is 3.69. The highest BCUT2D eigenvalue weighted by Crippen LogP contribution is 2.36. The molecule has 8 nitrogen and oxygen atoms in total. The number of carboxylic acid groups (broad SMARTS) is 1. The van der Waals surface area contributed by atoms with Gasteiger partial charge in [-0.25, -0.2) is 0 Å². The monoisotopic (exact) mass is 344 g/mol. The lowest BCUT2D eigenvalue weighted by molar-refractivity contribution is -0.138. The minimum absolute atomic E-state index is 0.0276. The van der Waals surface area contributed by atoms with Crippen LogP contribution in [0.1, 0.15) is 23.6 Å². The molecule has 1 saturated heterocycles. The molecule has 25 heavy (non-hydrogen) atoms. The van der Waals surface area contributed by atoms with Gasteiger partial charge in [0, 0.05) is 25.6 Å². The summed E-state index contributed by atoms with van der Waals surface area (Å²) in [5, 5.41) is 19.9. The minimum atomic E-state index is -0.778. The summed E-state index contributed by atoms with van der Waals surface area (Å²) in [5.74, 6) is 0.880. The van der Waals surface area contributed by atoms with Gasteiger partial charge in [-0.05, 0) is 23.6 Å². The van der Waals surface area contributed by atoms with Gasteiger partial charge in [-0.3, -0.25) is 9.69 Å². The lowest BCUT2D eigenvalue weighted by Crippen LogP contribution is -2.21. The van der Waals surface area contributed by atoms with Gasteiger partial charge >= 0.3 is 5.97 Å². The number of aliphatic carboxylic acids is 1. The van der Waals surface area contributed by atoms with E-state index in [0.717, 1.165) is 42.4 Å². The highest BCUT2D eigenvalue weighted by molar-refractivity contribution is 5.67. The van der Waals surface area contributed by atoms with Crippen molar-refractivity contribution >= 4 is 5.97 Å². The second-order valence-electron chi connectivity index (χ2n) is 6.53. The number of benzene rings is 1. The van der Waals surface area contributed by atoms with E-state index in [-0.39, 0.29) is 18.3 Å². The third-order valence-corrected chi connectivity index (χ3v) is 4.78. The maximum absolute atomic E-state index is 11.2. The number of aromatic amines is 1. The summed E-state index contributed by atoms with van der Waals surface area (Å²) < 4.78 is 11.2. The molecule has 0 aliphatic carbocycles. The Morgan fingerprint density at radius 2 is 2.12 bits per heavy atom. The van der Waals surface area contributed by atoms with Crippen LogP contribution < -0.4 is 9.47 Å². The zero-order valence-electron chi connectivity index (χ0n) is 13.7. The van der Waals surface area contributed by atoms with E-state index >= 15 is 0 Å². The Kier molecular flexibility index (Phi) is 4.27. The number of hydrogen-bond acceptors (Lipinski definition) is 6. The van der Waals surface area contributed by atoms with E-state index in [1.54, 1.807) is 6.20 Å². The largest absolute Gasteiger partial charge is 0.486 e. The number of nitrogens with zero attached hydrogens (tertiary/aromatic N) is 3. The van der Waals surface area contributed by atoms with Crippen LogP contribution in [0.4, 0.5) is 0 Å². The van der Waals surface area contributed by atoms with Gasteiger partial charge in [-0.1, -0.05) is 6.07 Å². The second kappa shape index (κ2) is 6.72. The standard InChI is InChI=1S/C17H20N4O4/c22-17(23)6-12-9-21(10-13(12)14-7-18-20-19-14)8-11-1-2-15-16(5-11)25-4-3-24-15/h1-2,5,7,12-13H,3-4,6,8-10H2,(H,22,23)(H,18,19,20)/t12-,13+/m0/s1. The Hall–Kier alpha value is -2.61. The van der Waals surface area contributed by atoms with Crippen molar-refractivity contribution in [3.05, 3.63) is 35.7 Å². The lowest BCUT2D eigenvalue weighted by atomic mass is 9.91. The molecule has 0 saturated carbocycles. The van der Waals surface area contributed by atoms with Crippen LogP contribution >= 0.6 is 0 Å². The summed E-state index contributed by atoms with van der Waals surface area (Å²) in [4.78, 5) is 13.5. The molecular weight excluding hydrogens is 324 g/mol. The molecule has 1 fully saturated rings. The smallest absolute Gasteiger partial charge is 0.303 e. The summed E-state index contributed by atoms with van der Waals surface area (Å²) in [7, 11) is 0. The molecular formula is C17H20N4O4. The summed E-state index contributed by atoms with van der Waals surface area (Å²) >= 11 is 0. The Bertz CT molecular complexity index is 749. The average molecular weight is 344 g/mol.